The van der Waals surface area contributed by atoms with Crippen molar-refractivity contribution < 1.29 is 41.8 Å². The maximum atomic E-state index is 13.3. The number of nitrogens with zero attached hydrogens (tertiary/aromatic N) is 3. The molecule has 2 aromatic carbocycles. The van der Waals surface area contributed by atoms with Crippen molar-refractivity contribution in [2.24, 2.45) is 10.5 Å². The van der Waals surface area contributed by atoms with E-state index in [1.807, 2.05) is 0 Å². The number of halogens is 5. The number of benzene rings is 2. The summed E-state index contributed by atoms with van der Waals surface area (Å²) < 4.78 is 50.0. The number of methoxy groups -OCH3 is 1. The quantitative estimate of drug-likeness (QED) is 0.343. The molecule has 1 unspecified atom stereocenters. The Hall–Kier alpha value is -3.45. The molecule has 0 N–H and O–H groups in total. The van der Waals surface area contributed by atoms with Gasteiger partial charge in [0.15, 0.2) is 0 Å². The molecule has 2 amide bonds. The number of esters is 2. The number of imide groups is 1. The molecule has 39 heavy (non-hydrogen) atoms. The molecule has 0 aliphatic carbocycles. The van der Waals surface area contributed by atoms with E-state index < -0.39 is 52.5 Å². The first-order valence-corrected chi connectivity index (χ1v) is 12.5. The monoisotopic (exact) mass is 631 g/mol. The molecule has 0 bridgehead atoms. The number of anilines is 1. The van der Waals surface area contributed by atoms with Crippen molar-refractivity contribution in [1.82, 2.24) is 5.01 Å². The van der Waals surface area contributed by atoms with E-state index in [0.29, 0.717) is 9.37 Å². The second-order valence-electron chi connectivity index (χ2n) is 8.52. The van der Waals surface area contributed by atoms with Crippen LogP contribution in [0.5, 0.6) is 0 Å². The van der Waals surface area contributed by atoms with Crippen LogP contribution in [0, 0.1) is 5.41 Å². The van der Waals surface area contributed by atoms with Crippen LogP contribution in [0.1, 0.15) is 25.0 Å². The predicted molar refractivity (Wildman–Crippen MR) is 138 cm³/mol. The summed E-state index contributed by atoms with van der Waals surface area (Å²) in [5, 5.41) is 4.89. The predicted octanol–water partition coefficient (Wildman–Crippen LogP) is 4.44. The van der Waals surface area contributed by atoms with E-state index in [1.165, 1.54) is 19.1 Å². The van der Waals surface area contributed by atoms with E-state index in [4.69, 9.17) is 16.3 Å². The fourth-order valence-electron chi connectivity index (χ4n) is 3.91. The Morgan fingerprint density at radius 1 is 1.15 bits per heavy atom. The lowest BCUT2D eigenvalue weighted by Crippen LogP contribution is -2.47. The SMILES string of the molecule is CCOC(=O)C1(C)CN(CC(=O)N(C(=O)C(=O)OC)c2ccc(Br)cc2)N=C1c1ccc(C(F)(F)F)c(Cl)c1. The molecule has 0 fully saturated rings. The molecule has 1 aliphatic heterocycles. The van der Waals surface area contributed by atoms with Gasteiger partial charge in [0.1, 0.15) is 12.0 Å². The van der Waals surface area contributed by atoms with Crippen LogP contribution in [-0.4, -0.2) is 61.3 Å². The number of carbonyl (C=O) groups is 4. The lowest BCUT2D eigenvalue weighted by Gasteiger charge is -2.26. The molecule has 208 valence electrons. The maximum Gasteiger partial charge on any atom is 0.417 e. The highest BCUT2D eigenvalue weighted by Crippen LogP contribution is 2.38. The maximum absolute atomic E-state index is 13.3. The van der Waals surface area contributed by atoms with Gasteiger partial charge in [0.2, 0.25) is 0 Å². The number of amides is 2. The Morgan fingerprint density at radius 2 is 1.79 bits per heavy atom. The molecule has 3 rings (SSSR count). The molecular weight excluding hydrogens is 611 g/mol. The van der Waals surface area contributed by atoms with Crippen LogP contribution in [0.15, 0.2) is 52.0 Å². The molecule has 0 saturated carbocycles. The third-order valence-electron chi connectivity index (χ3n) is 5.75. The minimum atomic E-state index is -4.70. The Bertz CT molecular complexity index is 1340. The van der Waals surface area contributed by atoms with Gasteiger partial charge in [-0.1, -0.05) is 33.6 Å². The molecule has 1 atom stereocenters. The molecule has 14 heteroatoms. The zero-order valence-corrected chi connectivity index (χ0v) is 23.2. The molecule has 1 heterocycles. The van der Waals surface area contributed by atoms with Crippen LogP contribution < -0.4 is 4.90 Å². The summed E-state index contributed by atoms with van der Waals surface area (Å²) in [6.07, 6.45) is -4.70. The number of ether oxygens (including phenoxy) is 2. The van der Waals surface area contributed by atoms with Crippen molar-refractivity contribution in [3.8, 4) is 0 Å². The average Bonchev–Trinajstić information content (AvgIpc) is 3.21. The molecule has 0 spiro atoms. The van der Waals surface area contributed by atoms with Gasteiger partial charge in [0.25, 0.3) is 5.91 Å². The van der Waals surface area contributed by atoms with Gasteiger partial charge in [0, 0.05) is 10.0 Å². The van der Waals surface area contributed by atoms with Crippen LogP contribution >= 0.6 is 27.5 Å². The van der Waals surface area contributed by atoms with Gasteiger partial charge < -0.3 is 9.47 Å². The number of hydrogen-bond donors (Lipinski definition) is 0. The van der Waals surface area contributed by atoms with Crippen LogP contribution in [0.2, 0.25) is 5.02 Å². The van der Waals surface area contributed by atoms with E-state index in [2.05, 4.69) is 25.8 Å². The zero-order chi connectivity index (χ0) is 29.1. The highest BCUT2D eigenvalue weighted by Gasteiger charge is 2.48. The summed E-state index contributed by atoms with van der Waals surface area (Å²) >= 11 is 9.14. The number of hydrogen-bond acceptors (Lipinski definition) is 8. The molecular formula is C25H22BrClF3N3O6. The smallest absolute Gasteiger partial charge is 0.417 e. The summed E-state index contributed by atoms with van der Waals surface area (Å²) in [6.45, 7) is 2.26. The number of carbonyl (C=O) groups excluding carboxylic acids is 4. The molecule has 2 aromatic rings. The van der Waals surface area contributed by atoms with Crippen molar-refractivity contribution >= 4 is 62.7 Å². The van der Waals surface area contributed by atoms with E-state index in [0.717, 1.165) is 30.3 Å². The molecule has 0 radical (unpaired) electrons. The normalized spacial score (nSPS) is 16.9. The topological polar surface area (TPSA) is 106 Å². The number of alkyl halides is 3. The second-order valence-corrected chi connectivity index (χ2v) is 9.84. The third kappa shape index (κ3) is 6.41. The Kier molecular flexibility index (Phi) is 9.06. The van der Waals surface area contributed by atoms with Crippen molar-refractivity contribution in [1.29, 1.82) is 0 Å². The molecule has 1 aliphatic rings. The summed E-state index contributed by atoms with van der Waals surface area (Å²) in [5.74, 6) is -4.15. The zero-order valence-electron chi connectivity index (χ0n) is 20.8. The standard InChI is InChI=1S/C25H22BrClF3N3O6/c1-4-39-23(37)24(2)13-32(31-20(24)14-5-10-17(18(27)11-14)25(28,29)30)12-19(34)33(21(35)22(36)38-3)16-8-6-15(26)7-9-16/h5-11H,4,12-13H2,1-3H3. The van der Waals surface area contributed by atoms with Gasteiger partial charge in [-0.2, -0.15) is 18.3 Å². The minimum Gasteiger partial charge on any atom is -0.465 e. The Morgan fingerprint density at radius 3 is 2.33 bits per heavy atom. The highest BCUT2D eigenvalue weighted by molar-refractivity contribution is 9.10. The fraction of sp³-hybridized carbons (Fsp3) is 0.320. The first kappa shape index (κ1) is 30.1. The molecule has 9 nitrogen and oxygen atoms in total. The lowest BCUT2D eigenvalue weighted by molar-refractivity contribution is -0.152. The second kappa shape index (κ2) is 11.7. The Balaban J connectivity index is 2.01. The van der Waals surface area contributed by atoms with Crippen LogP contribution in [0.3, 0.4) is 0 Å². The van der Waals surface area contributed by atoms with Gasteiger partial charge in [-0.25, -0.2) is 9.69 Å². The van der Waals surface area contributed by atoms with E-state index in [1.54, 1.807) is 19.1 Å². The molecule has 0 saturated heterocycles. The summed E-state index contributed by atoms with van der Waals surface area (Å²) in [4.78, 5) is 51.6. The van der Waals surface area contributed by atoms with Crippen molar-refractivity contribution in [2.75, 3.05) is 31.7 Å². The molecule has 0 aromatic heterocycles. The van der Waals surface area contributed by atoms with Gasteiger partial charge >= 0.3 is 24.0 Å². The first-order chi connectivity index (χ1) is 18.2. The van der Waals surface area contributed by atoms with E-state index in [-0.39, 0.29) is 30.1 Å². The summed E-state index contributed by atoms with van der Waals surface area (Å²) in [6, 6.07) is 8.87. The van der Waals surface area contributed by atoms with E-state index in [9.17, 15) is 32.3 Å². The largest absolute Gasteiger partial charge is 0.465 e. The van der Waals surface area contributed by atoms with Crippen molar-refractivity contribution in [3.05, 3.63) is 63.1 Å². The Labute approximate surface area is 234 Å². The van der Waals surface area contributed by atoms with Gasteiger partial charge in [-0.05, 0) is 50.2 Å². The first-order valence-electron chi connectivity index (χ1n) is 11.3. The third-order valence-corrected chi connectivity index (χ3v) is 6.59. The average molecular weight is 633 g/mol. The fourth-order valence-corrected chi connectivity index (χ4v) is 4.46. The lowest BCUT2D eigenvalue weighted by atomic mass is 9.82. The summed E-state index contributed by atoms with van der Waals surface area (Å²) in [7, 11) is 0.988. The van der Waals surface area contributed by atoms with Gasteiger partial charge in [-0.3, -0.25) is 19.4 Å². The number of hydrazone groups is 1. The van der Waals surface area contributed by atoms with Gasteiger partial charge in [-0.15, -0.1) is 0 Å². The van der Waals surface area contributed by atoms with Crippen LogP contribution in [-0.2, 0) is 34.8 Å². The summed E-state index contributed by atoms with van der Waals surface area (Å²) in [5.41, 5.74) is -2.38. The highest BCUT2D eigenvalue weighted by atomic mass is 79.9. The minimum absolute atomic E-state index is 0.0128. The number of rotatable bonds is 6. The van der Waals surface area contributed by atoms with Crippen molar-refractivity contribution in [3.63, 3.8) is 0 Å². The van der Waals surface area contributed by atoms with Crippen molar-refractivity contribution in [2.45, 2.75) is 20.0 Å². The van der Waals surface area contributed by atoms with Crippen LogP contribution in [0.4, 0.5) is 18.9 Å². The van der Waals surface area contributed by atoms with Gasteiger partial charge in [0.05, 0.1) is 42.2 Å². The van der Waals surface area contributed by atoms with Crippen LogP contribution in [0.25, 0.3) is 0 Å². The van der Waals surface area contributed by atoms with E-state index >= 15 is 0 Å².